The molecule has 3 aromatic rings. The molecule has 0 amide bonds. The average molecular weight is 431 g/mol. The number of H-pyrrole nitrogens is 1. The zero-order valence-electron chi connectivity index (χ0n) is 18.6. The molecule has 0 saturated carbocycles. The maximum atomic E-state index is 12.8. The molecule has 32 heavy (non-hydrogen) atoms. The van der Waals surface area contributed by atoms with E-state index in [0.717, 1.165) is 55.7 Å². The van der Waals surface area contributed by atoms with Crippen molar-refractivity contribution in [3.05, 3.63) is 58.3 Å². The van der Waals surface area contributed by atoms with Crippen LogP contribution in [-0.4, -0.2) is 50.9 Å². The summed E-state index contributed by atoms with van der Waals surface area (Å²) in [5.74, 6) is 1.63. The SMILES string of the molecule is CC1=NCC[C@@H]2CCC[C@@H](c3ccc(-n4cc5cc(C6CCNC6)[nH]c5nc4=O)cc3)N12. The first kappa shape index (κ1) is 19.7. The summed E-state index contributed by atoms with van der Waals surface area (Å²) >= 11 is 0. The van der Waals surface area contributed by atoms with Gasteiger partial charge in [-0.25, -0.2) is 4.79 Å². The molecule has 1 unspecified atom stereocenters. The Morgan fingerprint density at radius 2 is 1.97 bits per heavy atom. The largest absolute Gasteiger partial charge is 0.354 e. The van der Waals surface area contributed by atoms with Crippen LogP contribution in [0.15, 0.2) is 46.3 Å². The zero-order chi connectivity index (χ0) is 21.7. The summed E-state index contributed by atoms with van der Waals surface area (Å²) in [6.07, 6.45) is 7.86. The van der Waals surface area contributed by atoms with Gasteiger partial charge in [0.05, 0.1) is 17.6 Å². The lowest BCUT2D eigenvalue weighted by molar-refractivity contribution is 0.150. The van der Waals surface area contributed by atoms with Crippen molar-refractivity contribution >= 4 is 16.9 Å². The lowest BCUT2D eigenvalue weighted by atomic mass is 9.88. The Kier molecular flexibility index (Phi) is 4.86. The molecule has 2 fully saturated rings. The minimum atomic E-state index is -0.250. The summed E-state index contributed by atoms with van der Waals surface area (Å²) in [6.45, 7) is 5.11. The number of amidine groups is 1. The minimum absolute atomic E-state index is 0.250. The van der Waals surface area contributed by atoms with Gasteiger partial charge in [0.15, 0.2) is 0 Å². The number of rotatable bonds is 3. The minimum Gasteiger partial charge on any atom is -0.351 e. The normalized spacial score (nSPS) is 25.7. The van der Waals surface area contributed by atoms with Crippen LogP contribution < -0.4 is 11.0 Å². The van der Waals surface area contributed by atoms with E-state index in [1.165, 1.54) is 24.2 Å². The second kappa shape index (κ2) is 7.89. The summed E-state index contributed by atoms with van der Waals surface area (Å²) in [5, 5.41) is 4.38. The molecule has 2 aromatic heterocycles. The van der Waals surface area contributed by atoms with Gasteiger partial charge in [0, 0.05) is 42.3 Å². The van der Waals surface area contributed by atoms with Gasteiger partial charge in [-0.15, -0.1) is 0 Å². The molecule has 7 nitrogen and oxygen atoms in total. The number of hydrogen-bond acceptors (Lipinski definition) is 5. The molecule has 7 heteroatoms. The van der Waals surface area contributed by atoms with Gasteiger partial charge < -0.3 is 15.2 Å². The van der Waals surface area contributed by atoms with Crippen LogP contribution >= 0.6 is 0 Å². The first-order chi connectivity index (χ1) is 15.7. The van der Waals surface area contributed by atoms with Crippen molar-refractivity contribution in [1.82, 2.24) is 24.8 Å². The van der Waals surface area contributed by atoms with Crippen molar-refractivity contribution < 1.29 is 0 Å². The lowest BCUT2D eigenvalue weighted by Crippen LogP contribution is -2.47. The predicted molar refractivity (Wildman–Crippen MR) is 127 cm³/mol. The van der Waals surface area contributed by atoms with Crippen molar-refractivity contribution in [3.8, 4) is 5.69 Å². The Hall–Kier alpha value is -2.93. The van der Waals surface area contributed by atoms with Crippen molar-refractivity contribution in [1.29, 1.82) is 0 Å². The molecule has 1 aromatic carbocycles. The summed E-state index contributed by atoms with van der Waals surface area (Å²) < 4.78 is 1.66. The Labute approximate surface area is 187 Å². The van der Waals surface area contributed by atoms with Crippen molar-refractivity contribution in [2.75, 3.05) is 19.6 Å². The number of aromatic amines is 1. The second-order valence-electron chi connectivity index (χ2n) is 9.43. The van der Waals surface area contributed by atoms with Crippen LogP contribution in [0.3, 0.4) is 0 Å². The van der Waals surface area contributed by atoms with Crippen molar-refractivity contribution in [2.45, 2.75) is 57.0 Å². The van der Waals surface area contributed by atoms with Gasteiger partial charge >= 0.3 is 5.69 Å². The Morgan fingerprint density at radius 1 is 1.09 bits per heavy atom. The molecule has 0 radical (unpaired) electrons. The first-order valence-corrected chi connectivity index (χ1v) is 11.9. The molecule has 3 aliphatic heterocycles. The molecule has 3 aliphatic rings. The molecule has 2 N–H and O–H groups in total. The van der Waals surface area contributed by atoms with Gasteiger partial charge in [-0.2, -0.15) is 4.98 Å². The highest BCUT2D eigenvalue weighted by atomic mass is 16.1. The number of piperidine rings is 1. The van der Waals surface area contributed by atoms with Gasteiger partial charge in [0.25, 0.3) is 0 Å². The summed E-state index contributed by atoms with van der Waals surface area (Å²) in [6, 6.07) is 11.6. The molecule has 0 aliphatic carbocycles. The molecule has 0 spiro atoms. The highest BCUT2D eigenvalue weighted by Crippen LogP contribution is 2.37. The fraction of sp³-hybridized carbons (Fsp3) is 0.480. The number of hydrogen-bond donors (Lipinski definition) is 2. The summed E-state index contributed by atoms with van der Waals surface area (Å²) in [5.41, 5.74) is 3.75. The first-order valence-electron chi connectivity index (χ1n) is 11.9. The lowest BCUT2D eigenvalue weighted by Gasteiger charge is -2.46. The van der Waals surface area contributed by atoms with Crippen molar-refractivity contribution in [3.63, 3.8) is 0 Å². The fourth-order valence-electron chi connectivity index (χ4n) is 5.83. The third-order valence-corrected chi connectivity index (χ3v) is 7.51. The highest BCUT2D eigenvalue weighted by molar-refractivity contribution is 5.81. The standard InChI is InChI=1S/C25H30N6O/c1-16-27-12-10-21-3-2-4-23(31(16)21)17-5-7-20(8-6-17)30-15-19-13-22(18-9-11-26-14-18)28-24(19)29-25(30)32/h5-8,13,15,18,21,23,26H,2-4,9-12,14H2,1H3,(H,28,29,32)/t18?,21-,23-/m0/s1. The third-order valence-electron chi connectivity index (χ3n) is 7.51. The molecule has 166 valence electrons. The average Bonchev–Trinajstić information content (AvgIpc) is 3.48. The Bertz CT molecular complexity index is 1220. The van der Waals surface area contributed by atoms with E-state index in [1.807, 2.05) is 6.20 Å². The maximum Gasteiger partial charge on any atom is 0.354 e. The van der Waals surface area contributed by atoms with Crippen LogP contribution in [0.4, 0.5) is 0 Å². The number of nitrogens with one attached hydrogen (secondary N) is 2. The molecular weight excluding hydrogens is 400 g/mol. The number of aromatic nitrogens is 3. The number of fused-ring (bicyclic) bond motifs is 2. The van der Waals surface area contributed by atoms with Crippen molar-refractivity contribution in [2.24, 2.45) is 4.99 Å². The van der Waals surface area contributed by atoms with Crippen LogP contribution in [-0.2, 0) is 0 Å². The van der Waals surface area contributed by atoms with Gasteiger partial charge in [-0.1, -0.05) is 12.1 Å². The maximum absolute atomic E-state index is 12.8. The quantitative estimate of drug-likeness (QED) is 0.667. The van der Waals surface area contributed by atoms with Crippen LogP contribution in [0.5, 0.6) is 0 Å². The van der Waals surface area contributed by atoms with Crippen LogP contribution in [0.2, 0.25) is 0 Å². The van der Waals surface area contributed by atoms with E-state index in [2.05, 4.69) is 57.4 Å². The predicted octanol–water partition coefficient (Wildman–Crippen LogP) is 3.51. The molecule has 5 heterocycles. The number of aliphatic imine (C=N–C) groups is 1. The number of nitrogens with zero attached hydrogens (tertiary/aromatic N) is 4. The van der Waals surface area contributed by atoms with Gasteiger partial charge in [0.2, 0.25) is 0 Å². The monoisotopic (exact) mass is 430 g/mol. The summed E-state index contributed by atoms with van der Waals surface area (Å²) in [7, 11) is 0. The van der Waals surface area contributed by atoms with Gasteiger partial charge in [-0.05, 0) is 69.3 Å². The number of benzene rings is 1. The summed E-state index contributed by atoms with van der Waals surface area (Å²) in [4.78, 5) is 27.7. The topological polar surface area (TPSA) is 78.3 Å². The molecule has 6 rings (SSSR count). The molecular formula is C25H30N6O. The van der Waals surface area contributed by atoms with E-state index in [-0.39, 0.29) is 5.69 Å². The van der Waals surface area contributed by atoms with Gasteiger partial charge in [-0.3, -0.25) is 9.56 Å². The highest BCUT2D eigenvalue weighted by Gasteiger charge is 2.33. The molecule has 2 saturated heterocycles. The zero-order valence-corrected chi connectivity index (χ0v) is 18.6. The molecule has 3 atom stereocenters. The molecule has 0 bridgehead atoms. The van der Waals surface area contributed by atoms with E-state index >= 15 is 0 Å². The van der Waals surface area contributed by atoms with Crippen LogP contribution in [0.25, 0.3) is 16.7 Å². The van der Waals surface area contributed by atoms with E-state index < -0.39 is 0 Å². The van der Waals surface area contributed by atoms with Gasteiger partial charge in [0.1, 0.15) is 5.65 Å². The van der Waals surface area contributed by atoms with Crippen LogP contribution in [0, 0.1) is 0 Å². The fourth-order valence-corrected chi connectivity index (χ4v) is 5.83. The Balaban J connectivity index is 1.31. The van der Waals surface area contributed by atoms with E-state index in [1.54, 1.807) is 4.57 Å². The van der Waals surface area contributed by atoms with Crippen LogP contribution in [0.1, 0.15) is 62.2 Å². The van der Waals surface area contributed by atoms with E-state index in [0.29, 0.717) is 23.6 Å². The Morgan fingerprint density at radius 3 is 2.78 bits per heavy atom. The smallest absolute Gasteiger partial charge is 0.351 e. The van der Waals surface area contributed by atoms with E-state index in [4.69, 9.17) is 4.99 Å². The third kappa shape index (κ3) is 3.35. The van der Waals surface area contributed by atoms with E-state index in [9.17, 15) is 4.79 Å². The second-order valence-corrected chi connectivity index (χ2v) is 9.43.